The number of hydrogen-bond donors (Lipinski definition) is 1. The first-order chi connectivity index (χ1) is 13.0. The fourth-order valence-electron chi connectivity index (χ4n) is 2.67. The summed E-state index contributed by atoms with van der Waals surface area (Å²) < 4.78 is 7.81. The number of aliphatic hydroxyl groups is 1. The van der Waals surface area contributed by atoms with Crippen LogP contribution in [0.1, 0.15) is 6.92 Å². The molecule has 2 heterocycles. The zero-order valence-electron chi connectivity index (χ0n) is 15.3. The molecule has 0 amide bonds. The number of aliphatic hydroxyl groups excluding tert-OH is 1. The van der Waals surface area contributed by atoms with Gasteiger partial charge in [-0.05, 0) is 31.2 Å². The van der Waals surface area contributed by atoms with Gasteiger partial charge in [0.2, 0.25) is 0 Å². The maximum absolute atomic E-state index is 12.6. The molecule has 0 radical (unpaired) electrons. The van der Waals surface area contributed by atoms with Gasteiger partial charge in [0, 0.05) is 25.4 Å². The van der Waals surface area contributed by atoms with Gasteiger partial charge in [0.05, 0.1) is 13.2 Å². The summed E-state index contributed by atoms with van der Waals surface area (Å²) in [5.74, 6) is 1.51. The summed E-state index contributed by atoms with van der Waals surface area (Å²) in [5, 5.41) is 9.88. The largest absolute Gasteiger partial charge is 0.494 e. The molecule has 1 N–H and O–H groups in total. The van der Waals surface area contributed by atoms with Gasteiger partial charge in [-0.3, -0.25) is 13.9 Å². The maximum atomic E-state index is 12.6. The topological polar surface area (TPSA) is 99.2 Å². The molecular formula is C18H20N4O4S. The van der Waals surface area contributed by atoms with Crippen LogP contribution in [0.4, 0.5) is 0 Å². The summed E-state index contributed by atoms with van der Waals surface area (Å²) in [7, 11) is 2.99. The van der Waals surface area contributed by atoms with Crippen LogP contribution >= 0.6 is 11.8 Å². The average molecular weight is 388 g/mol. The van der Waals surface area contributed by atoms with E-state index in [0.29, 0.717) is 23.2 Å². The molecule has 0 bridgehead atoms. The van der Waals surface area contributed by atoms with E-state index in [9.17, 15) is 14.7 Å². The summed E-state index contributed by atoms with van der Waals surface area (Å²) >= 11 is 1.25. The van der Waals surface area contributed by atoms with Gasteiger partial charge in [-0.25, -0.2) is 14.8 Å². The lowest BCUT2D eigenvalue weighted by atomic mass is 10.2. The molecule has 1 aromatic carbocycles. The molecular weight excluding hydrogens is 368 g/mol. The number of rotatable bonds is 6. The van der Waals surface area contributed by atoms with Crippen LogP contribution in [-0.2, 0) is 14.1 Å². The molecule has 8 nitrogen and oxygen atoms in total. The third-order valence-electron chi connectivity index (χ3n) is 4.02. The van der Waals surface area contributed by atoms with Crippen molar-refractivity contribution in [2.75, 3.05) is 19.0 Å². The second-order valence-corrected chi connectivity index (χ2v) is 6.87. The van der Waals surface area contributed by atoms with Crippen molar-refractivity contribution in [1.82, 2.24) is 19.1 Å². The van der Waals surface area contributed by atoms with Gasteiger partial charge in [-0.1, -0.05) is 0 Å². The number of aryl methyl sites for hydroxylation is 1. The van der Waals surface area contributed by atoms with Crippen LogP contribution in [-0.4, -0.2) is 43.2 Å². The van der Waals surface area contributed by atoms with Gasteiger partial charge in [0.25, 0.3) is 5.56 Å². The van der Waals surface area contributed by atoms with E-state index in [-0.39, 0.29) is 17.6 Å². The molecule has 0 spiro atoms. The Balaban J connectivity index is 2.25. The molecule has 27 heavy (non-hydrogen) atoms. The summed E-state index contributed by atoms with van der Waals surface area (Å²) in [4.78, 5) is 33.9. The van der Waals surface area contributed by atoms with Gasteiger partial charge >= 0.3 is 5.69 Å². The lowest BCUT2D eigenvalue weighted by molar-refractivity contribution is 0.322. The molecule has 0 unspecified atom stereocenters. The minimum Gasteiger partial charge on any atom is -0.494 e. The van der Waals surface area contributed by atoms with Gasteiger partial charge in [0.15, 0.2) is 11.5 Å². The van der Waals surface area contributed by atoms with Crippen LogP contribution in [0.3, 0.4) is 0 Å². The third-order valence-corrected chi connectivity index (χ3v) is 4.98. The predicted octanol–water partition coefficient (Wildman–Crippen LogP) is 1.18. The molecule has 3 aromatic rings. The SMILES string of the molecule is CCOc1ccc(-c2nc(SCCO)c3c(=O)n(C)c(=O)n(C)c3n2)cc1. The zero-order valence-corrected chi connectivity index (χ0v) is 16.1. The van der Waals surface area contributed by atoms with Crippen LogP contribution in [0.25, 0.3) is 22.4 Å². The lowest BCUT2D eigenvalue weighted by Gasteiger charge is -2.12. The molecule has 0 fully saturated rings. The Morgan fingerprint density at radius 1 is 1.11 bits per heavy atom. The number of fused-ring (bicyclic) bond motifs is 1. The number of nitrogens with zero attached hydrogens (tertiary/aromatic N) is 4. The van der Waals surface area contributed by atoms with Crippen LogP contribution in [0.2, 0.25) is 0 Å². The van der Waals surface area contributed by atoms with Crippen LogP contribution < -0.4 is 16.0 Å². The lowest BCUT2D eigenvalue weighted by Crippen LogP contribution is -2.37. The van der Waals surface area contributed by atoms with Crippen LogP contribution in [0.5, 0.6) is 5.75 Å². The number of aromatic nitrogens is 4. The van der Waals surface area contributed by atoms with Crippen molar-refractivity contribution in [3.8, 4) is 17.1 Å². The van der Waals surface area contributed by atoms with Crippen molar-refractivity contribution in [2.45, 2.75) is 11.9 Å². The molecule has 142 valence electrons. The first-order valence-corrected chi connectivity index (χ1v) is 9.41. The van der Waals surface area contributed by atoms with Crippen molar-refractivity contribution in [3.63, 3.8) is 0 Å². The molecule has 3 rings (SSSR count). The standard InChI is InChI=1S/C18H20N4O4S/c1-4-26-12-7-5-11(6-8-12)14-19-15-13(16(20-14)27-10-9-23)17(24)22(3)18(25)21(15)2/h5-8,23H,4,9-10H2,1-3H3. The molecule has 0 atom stereocenters. The number of ether oxygens (including phenoxy) is 1. The Morgan fingerprint density at radius 3 is 2.44 bits per heavy atom. The van der Waals surface area contributed by atoms with E-state index in [1.54, 1.807) is 7.05 Å². The van der Waals surface area contributed by atoms with E-state index in [1.165, 1.54) is 23.4 Å². The Bertz CT molecular complexity index is 1090. The van der Waals surface area contributed by atoms with E-state index in [4.69, 9.17) is 4.74 Å². The Labute approximate surface area is 159 Å². The summed E-state index contributed by atoms with van der Waals surface area (Å²) in [5.41, 5.74) is 0.0930. The second kappa shape index (κ2) is 7.93. The molecule has 0 aliphatic rings. The molecule has 0 saturated heterocycles. The Hall–Kier alpha value is -2.65. The van der Waals surface area contributed by atoms with Crippen LogP contribution in [0, 0.1) is 0 Å². The normalized spacial score (nSPS) is 11.1. The third kappa shape index (κ3) is 3.60. The average Bonchev–Trinajstić information content (AvgIpc) is 2.69. The highest BCUT2D eigenvalue weighted by atomic mass is 32.2. The molecule has 2 aromatic heterocycles. The van der Waals surface area contributed by atoms with Gasteiger partial charge in [0.1, 0.15) is 16.2 Å². The minimum atomic E-state index is -0.457. The van der Waals surface area contributed by atoms with Crippen LogP contribution in [0.15, 0.2) is 38.9 Å². The Morgan fingerprint density at radius 2 is 1.81 bits per heavy atom. The highest BCUT2D eigenvalue weighted by Gasteiger charge is 2.18. The predicted molar refractivity (Wildman–Crippen MR) is 104 cm³/mol. The van der Waals surface area contributed by atoms with Crippen molar-refractivity contribution < 1.29 is 9.84 Å². The Kier molecular flexibility index (Phi) is 5.62. The van der Waals surface area contributed by atoms with Crippen molar-refractivity contribution in [1.29, 1.82) is 0 Å². The quantitative estimate of drug-likeness (QED) is 0.500. The van der Waals surface area contributed by atoms with Gasteiger partial charge in [-0.15, -0.1) is 11.8 Å². The summed E-state index contributed by atoms with van der Waals surface area (Å²) in [6, 6.07) is 7.28. The summed E-state index contributed by atoms with van der Waals surface area (Å²) in [6.45, 7) is 2.42. The number of thioether (sulfide) groups is 1. The molecule has 0 aliphatic carbocycles. The molecule has 0 aliphatic heterocycles. The first-order valence-electron chi connectivity index (χ1n) is 8.42. The monoisotopic (exact) mass is 388 g/mol. The second-order valence-electron chi connectivity index (χ2n) is 5.79. The fourth-order valence-corrected chi connectivity index (χ4v) is 3.43. The summed E-state index contributed by atoms with van der Waals surface area (Å²) in [6.07, 6.45) is 0. The van der Waals surface area contributed by atoms with Crippen molar-refractivity contribution in [2.24, 2.45) is 14.1 Å². The zero-order chi connectivity index (χ0) is 19.6. The smallest absolute Gasteiger partial charge is 0.332 e. The van der Waals surface area contributed by atoms with E-state index in [2.05, 4.69) is 9.97 Å². The van der Waals surface area contributed by atoms with E-state index in [0.717, 1.165) is 15.9 Å². The highest BCUT2D eigenvalue weighted by Crippen LogP contribution is 2.26. The number of benzene rings is 1. The highest BCUT2D eigenvalue weighted by molar-refractivity contribution is 7.99. The molecule has 0 saturated carbocycles. The first kappa shape index (κ1) is 19.1. The van der Waals surface area contributed by atoms with Gasteiger partial charge in [-0.2, -0.15) is 0 Å². The van der Waals surface area contributed by atoms with Crippen molar-refractivity contribution >= 4 is 22.8 Å². The van der Waals surface area contributed by atoms with Crippen molar-refractivity contribution in [3.05, 3.63) is 45.1 Å². The maximum Gasteiger partial charge on any atom is 0.332 e. The minimum absolute atomic E-state index is 0.0549. The van der Waals surface area contributed by atoms with E-state index in [1.807, 2.05) is 31.2 Å². The van der Waals surface area contributed by atoms with E-state index >= 15 is 0 Å². The molecule has 9 heteroatoms. The fraction of sp³-hybridized carbons (Fsp3) is 0.333. The van der Waals surface area contributed by atoms with Gasteiger partial charge < -0.3 is 9.84 Å². The van der Waals surface area contributed by atoms with E-state index < -0.39 is 11.2 Å². The number of hydrogen-bond acceptors (Lipinski definition) is 7.